The molecular formula is C27H37BrN8O. The number of carbonyl (C=O) groups excluding carboxylic acids is 1. The first-order valence-electron chi connectivity index (χ1n) is 13.2. The average Bonchev–Trinajstić information content (AvgIpc) is 3.54. The smallest absolute Gasteiger partial charge is 0.187 e. The zero-order chi connectivity index (χ0) is 26.2. The van der Waals surface area contributed by atoms with Crippen molar-refractivity contribution in [3.63, 3.8) is 0 Å². The third-order valence-electron chi connectivity index (χ3n) is 7.47. The van der Waals surface area contributed by atoms with Gasteiger partial charge in [-0.2, -0.15) is 5.10 Å². The summed E-state index contributed by atoms with van der Waals surface area (Å²) in [6, 6.07) is 4.15. The Labute approximate surface area is 227 Å². The van der Waals surface area contributed by atoms with Crippen LogP contribution in [-0.4, -0.2) is 83.2 Å². The maximum Gasteiger partial charge on any atom is 0.187 e. The van der Waals surface area contributed by atoms with E-state index in [9.17, 15) is 4.79 Å². The van der Waals surface area contributed by atoms with E-state index in [1.54, 1.807) is 6.33 Å². The van der Waals surface area contributed by atoms with Crippen molar-refractivity contribution >= 4 is 49.9 Å². The largest absolute Gasteiger partial charge is 0.383 e. The molecule has 4 heterocycles. The molecule has 2 aliphatic heterocycles. The second kappa shape index (κ2) is 10.6. The number of hydrogen-bond donors (Lipinski definition) is 2. The topological polar surface area (TPSA) is 93.3 Å². The number of anilines is 3. The van der Waals surface area contributed by atoms with Gasteiger partial charge >= 0.3 is 0 Å². The first kappa shape index (κ1) is 25.9. The van der Waals surface area contributed by atoms with Gasteiger partial charge < -0.3 is 20.0 Å². The Kier molecular flexibility index (Phi) is 7.40. The van der Waals surface area contributed by atoms with Gasteiger partial charge in [0.15, 0.2) is 11.4 Å². The van der Waals surface area contributed by atoms with Gasteiger partial charge in [0, 0.05) is 61.6 Å². The van der Waals surface area contributed by atoms with E-state index in [4.69, 9.17) is 0 Å². The van der Waals surface area contributed by atoms with E-state index in [0.29, 0.717) is 5.65 Å². The van der Waals surface area contributed by atoms with Gasteiger partial charge in [-0.3, -0.25) is 9.89 Å². The third-order valence-corrected chi connectivity index (χ3v) is 8.05. The van der Waals surface area contributed by atoms with Crippen molar-refractivity contribution in [2.24, 2.45) is 5.41 Å². The summed E-state index contributed by atoms with van der Waals surface area (Å²) in [6.45, 7) is 15.7. The Morgan fingerprint density at radius 3 is 2.46 bits per heavy atom. The number of halogens is 1. The number of piperazine rings is 1. The SMILES string of the molecule is Cc1c(NCCN2CCCC2)cc(C(=O)C(C)(C)C)cc1N1CCN(c2ncnc3n[nH]c(Br)c23)CC1. The number of Topliss-reactive ketones (excluding diaryl/α,β-unsaturated/α-hetero) is 1. The Hall–Kier alpha value is -2.72. The minimum absolute atomic E-state index is 0.170. The van der Waals surface area contributed by atoms with Crippen LogP contribution in [0.2, 0.25) is 0 Å². The summed E-state index contributed by atoms with van der Waals surface area (Å²) in [5.41, 5.74) is 4.39. The maximum atomic E-state index is 13.3. The van der Waals surface area contributed by atoms with Crippen molar-refractivity contribution < 1.29 is 4.79 Å². The molecule has 0 unspecified atom stereocenters. The van der Waals surface area contributed by atoms with Crippen LogP contribution in [0.25, 0.3) is 11.0 Å². The van der Waals surface area contributed by atoms with Crippen LogP contribution < -0.4 is 15.1 Å². The number of hydrogen-bond acceptors (Lipinski definition) is 8. The Balaban J connectivity index is 1.37. The molecule has 0 amide bonds. The molecule has 0 spiro atoms. The molecule has 3 aromatic rings. The van der Waals surface area contributed by atoms with Crippen LogP contribution >= 0.6 is 15.9 Å². The predicted octanol–water partition coefficient (Wildman–Crippen LogP) is 4.49. The molecule has 1 aromatic carbocycles. The van der Waals surface area contributed by atoms with E-state index in [1.807, 2.05) is 20.8 Å². The van der Waals surface area contributed by atoms with Crippen LogP contribution in [-0.2, 0) is 0 Å². The minimum atomic E-state index is -0.436. The highest BCUT2D eigenvalue weighted by Crippen LogP contribution is 2.34. The number of ketones is 1. The van der Waals surface area contributed by atoms with E-state index in [1.165, 1.54) is 31.5 Å². The summed E-state index contributed by atoms with van der Waals surface area (Å²) >= 11 is 3.55. The molecule has 0 radical (unpaired) electrons. The lowest BCUT2D eigenvalue weighted by Crippen LogP contribution is -2.47. The Morgan fingerprint density at radius 1 is 1.05 bits per heavy atom. The van der Waals surface area contributed by atoms with Gasteiger partial charge in [-0.15, -0.1) is 0 Å². The number of carbonyl (C=O) groups is 1. The molecule has 2 N–H and O–H groups in total. The molecule has 2 aromatic heterocycles. The molecule has 5 rings (SSSR count). The van der Waals surface area contributed by atoms with Gasteiger partial charge in [-0.25, -0.2) is 9.97 Å². The molecule has 198 valence electrons. The van der Waals surface area contributed by atoms with Crippen LogP contribution in [0.4, 0.5) is 17.2 Å². The third kappa shape index (κ3) is 5.45. The fraction of sp³-hybridized carbons (Fsp3) is 0.556. The van der Waals surface area contributed by atoms with E-state index < -0.39 is 5.41 Å². The van der Waals surface area contributed by atoms with Crippen LogP contribution in [0.3, 0.4) is 0 Å². The summed E-state index contributed by atoms with van der Waals surface area (Å²) in [4.78, 5) is 29.4. The summed E-state index contributed by atoms with van der Waals surface area (Å²) < 4.78 is 0.800. The normalized spacial score (nSPS) is 17.1. The van der Waals surface area contributed by atoms with Gasteiger partial charge in [0.2, 0.25) is 0 Å². The molecular weight excluding hydrogens is 532 g/mol. The lowest BCUT2D eigenvalue weighted by molar-refractivity contribution is 0.0858. The molecule has 9 nitrogen and oxygen atoms in total. The number of rotatable bonds is 7. The fourth-order valence-corrected chi connectivity index (χ4v) is 5.78. The number of benzene rings is 1. The van der Waals surface area contributed by atoms with Gasteiger partial charge in [-0.05, 0) is 66.5 Å². The summed E-state index contributed by atoms with van der Waals surface area (Å²) in [5.74, 6) is 1.06. The zero-order valence-electron chi connectivity index (χ0n) is 22.3. The standard InChI is InChI=1S/C27H37BrN8O/c1-18-20(29-7-10-34-8-5-6-9-34)15-19(23(37)27(2,3)4)16-21(18)35-11-13-36(14-12-35)26-22-24(28)32-33-25(22)30-17-31-26/h15-17,29H,5-14H2,1-4H3,(H,30,31,32,33). The Morgan fingerprint density at radius 2 is 1.76 bits per heavy atom. The lowest BCUT2D eigenvalue weighted by atomic mass is 9.85. The monoisotopic (exact) mass is 568 g/mol. The van der Waals surface area contributed by atoms with Crippen molar-refractivity contribution in [3.8, 4) is 0 Å². The molecule has 0 saturated carbocycles. The second-order valence-corrected chi connectivity index (χ2v) is 11.9. The maximum absolute atomic E-state index is 13.3. The highest BCUT2D eigenvalue weighted by molar-refractivity contribution is 9.10. The summed E-state index contributed by atoms with van der Waals surface area (Å²) in [5, 5.41) is 11.8. The van der Waals surface area contributed by atoms with E-state index >= 15 is 0 Å². The molecule has 37 heavy (non-hydrogen) atoms. The highest BCUT2D eigenvalue weighted by atomic mass is 79.9. The number of nitrogens with zero attached hydrogens (tertiary/aromatic N) is 6. The number of nitrogens with one attached hydrogen (secondary N) is 2. The lowest BCUT2D eigenvalue weighted by Gasteiger charge is -2.38. The number of aromatic nitrogens is 4. The quantitative estimate of drug-likeness (QED) is 0.403. The van der Waals surface area contributed by atoms with Crippen LogP contribution in [0.1, 0.15) is 49.5 Å². The van der Waals surface area contributed by atoms with E-state index in [-0.39, 0.29) is 5.78 Å². The van der Waals surface area contributed by atoms with Crippen LogP contribution in [0.5, 0.6) is 0 Å². The molecule has 0 atom stereocenters. The Bertz CT molecular complexity index is 1270. The fourth-order valence-electron chi connectivity index (χ4n) is 5.34. The molecule has 0 bridgehead atoms. The molecule has 2 aliphatic rings. The number of H-pyrrole nitrogens is 1. The molecule has 0 aliphatic carbocycles. The van der Waals surface area contributed by atoms with Crippen molar-refractivity contribution in [1.29, 1.82) is 0 Å². The van der Waals surface area contributed by atoms with Gasteiger partial charge in [0.05, 0.1) is 5.39 Å². The number of aromatic amines is 1. The summed E-state index contributed by atoms with van der Waals surface area (Å²) in [6.07, 6.45) is 4.16. The van der Waals surface area contributed by atoms with Crippen molar-refractivity contribution in [2.75, 3.05) is 67.5 Å². The molecule has 10 heteroatoms. The van der Waals surface area contributed by atoms with Crippen LogP contribution in [0, 0.1) is 12.3 Å². The minimum Gasteiger partial charge on any atom is -0.383 e. The predicted molar refractivity (Wildman–Crippen MR) is 153 cm³/mol. The first-order chi connectivity index (χ1) is 17.7. The van der Waals surface area contributed by atoms with Gasteiger partial charge in [0.1, 0.15) is 16.7 Å². The van der Waals surface area contributed by atoms with Gasteiger partial charge in [-0.1, -0.05) is 20.8 Å². The first-order valence-corrected chi connectivity index (χ1v) is 14.0. The molecule has 2 fully saturated rings. The van der Waals surface area contributed by atoms with E-state index in [0.717, 1.165) is 72.0 Å². The molecule has 2 saturated heterocycles. The second-order valence-electron chi connectivity index (χ2n) is 11.1. The van der Waals surface area contributed by atoms with Crippen molar-refractivity contribution in [3.05, 3.63) is 34.2 Å². The zero-order valence-corrected chi connectivity index (χ0v) is 23.9. The van der Waals surface area contributed by atoms with Crippen molar-refractivity contribution in [1.82, 2.24) is 25.1 Å². The highest BCUT2D eigenvalue weighted by Gasteiger charge is 2.27. The number of likely N-dealkylation sites (tertiary alicyclic amines) is 1. The number of fused-ring (bicyclic) bond motifs is 1. The van der Waals surface area contributed by atoms with Crippen LogP contribution in [0.15, 0.2) is 23.1 Å². The average molecular weight is 570 g/mol. The summed E-state index contributed by atoms with van der Waals surface area (Å²) in [7, 11) is 0. The van der Waals surface area contributed by atoms with Gasteiger partial charge in [0.25, 0.3) is 0 Å². The van der Waals surface area contributed by atoms with E-state index in [2.05, 4.69) is 75.2 Å². The van der Waals surface area contributed by atoms with Crippen molar-refractivity contribution in [2.45, 2.75) is 40.5 Å².